The zero-order chi connectivity index (χ0) is 20.7. The summed E-state index contributed by atoms with van der Waals surface area (Å²) in [5, 5.41) is 12.8. The molecule has 8 heteroatoms. The Labute approximate surface area is 183 Å². The third kappa shape index (κ3) is 3.60. The largest absolute Gasteiger partial charge is 0.305 e. The van der Waals surface area contributed by atoms with E-state index < -0.39 is 0 Å². The van der Waals surface area contributed by atoms with Crippen molar-refractivity contribution in [3.8, 4) is 11.4 Å². The van der Waals surface area contributed by atoms with E-state index in [-0.39, 0.29) is 11.8 Å². The maximum atomic E-state index is 13.0. The topological polar surface area (TPSA) is 64.7 Å². The van der Waals surface area contributed by atoms with Crippen molar-refractivity contribution in [2.24, 2.45) is 0 Å². The van der Waals surface area contributed by atoms with E-state index in [0.717, 1.165) is 24.2 Å². The first-order valence-corrected chi connectivity index (χ1v) is 10.3. The number of halogens is 2. The lowest BCUT2D eigenvalue weighted by atomic mass is 10.1. The summed E-state index contributed by atoms with van der Waals surface area (Å²) in [7, 11) is 0. The molecule has 0 bridgehead atoms. The van der Waals surface area contributed by atoms with Gasteiger partial charge in [-0.15, -0.1) is 0 Å². The summed E-state index contributed by atoms with van der Waals surface area (Å²) < 4.78 is 3.46. The van der Waals surface area contributed by atoms with E-state index in [9.17, 15) is 4.79 Å². The van der Waals surface area contributed by atoms with Crippen LogP contribution >= 0.6 is 23.2 Å². The van der Waals surface area contributed by atoms with Crippen LogP contribution < -0.4 is 5.32 Å². The molecule has 1 aliphatic carbocycles. The Morgan fingerprint density at radius 3 is 2.60 bits per heavy atom. The third-order valence-corrected chi connectivity index (χ3v) is 5.54. The molecule has 2 aromatic carbocycles. The fourth-order valence-corrected chi connectivity index (χ4v) is 3.91. The summed E-state index contributed by atoms with van der Waals surface area (Å²) in [6.07, 6.45) is 5.42. The highest BCUT2D eigenvalue weighted by Crippen LogP contribution is 2.43. The number of para-hydroxylation sites is 1. The van der Waals surface area contributed by atoms with Crippen LogP contribution in [0.4, 0.5) is 5.82 Å². The van der Waals surface area contributed by atoms with E-state index in [0.29, 0.717) is 27.1 Å². The first-order valence-electron chi connectivity index (χ1n) is 9.56. The highest BCUT2D eigenvalue weighted by Gasteiger charge is 2.33. The molecule has 1 fully saturated rings. The van der Waals surface area contributed by atoms with Crippen molar-refractivity contribution >= 4 is 34.9 Å². The molecule has 0 saturated heterocycles. The molecule has 4 aromatic rings. The Morgan fingerprint density at radius 2 is 1.87 bits per heavy atom. The van der Waals surface area contributed by atoms with E-state index in [1.807, 2.05) is 42.6 Å². The zero-order valence-corrected chi connectivity index (χ0v) is 17.3. The molecule has 1 N–H and O–H groups in total. The molecule has 0 spiro atoms. The molecule has 2 heterocycles. The van der Waals surface area contributed by atoms with Crippen LogP contribution in [0.25, 0.3) is 11.4 Å². The Morgan fingerprint density at radius 1 is 1.07 bits per heavy atom. The number of hydrogen-bond acceptors (Lipinski definition) is 3. The van der Waals surface area contributed by atoms with Crippen LogP contribution in [-0.2, 0) is 0 Å². The number of nitrogens with zero attached hydrogens (tertiary/aromatic N) is 4. The molecule has 6 nitrogen and oxygen atoms in total. The fraction of sp³-hybridized carbons (Fsp3) is 0.136. The van der Waals surface area contributed by atoms with E-state index >= 15 is 0 Å². The van der Waals surface area contributed by atoms with Gasteiger partial charge in [-0.05, 0) is 43.2 Å². The Kier molecular flexibility index (Phi) is 4.81. The van der Waals surface area contributed by atoms with Gasteiger partial charge in [0.25, 0.3) is 5.91 Å². The molecule has 1 amide bonds. The number of carbonyl (C=O) groups is 1. The third-order valence-electron chi connectivity index (χ3n) is 5.00. The quantitative estimate of drug-likeness (QED) is 0.448. The summed E-state index contributed by atoms with van der Waals surface area (Å²) in [6.45, 7) is 0. The van der Waals surface area contributed by atoms with Crippen LogP contribution in [-0.4, -0.2) is 25.5 Å². The number of benzene rings is 2. The highest BCUT2D eigenvalue weighted by molar-refractivity contribution is 6.35. The van der Waals surface area contributed by atoms with Crippen molar-refractivity contribution in [2.45, 2.75) is 18.8 Å². The van der Waals surface area contributed by atoms with Crippen molar-refractivity contribution in [3.63, 3.8) is 0 Å². The highest BCUT2D eigenvalue weighted by atomic mass is 35.5. The van der Waals surface area contributed by atoms with Crippen molar-refractivity contribution in [3.05, 3.63) is 88.3 Å². The maximum absolute atomic E-state index is 13.0. The van der Waals surface area contributed by atoms with Crippen LogP contribution in [0.15, 0.2) is 67.0 Å². The normalized spacial score (nSPS) is 13.4. The van der Waals surface area contributed by atoms with Gasteiger partial charge < -0.3 is 5.32 Å². The maximum Gasteiger partial charge on any atom is 0.260 e. The molecule has 0 unspecified atom stereocenters. The predicted octanol–water partition coefficient (Wildman–Crippen LogP) is 5.49. The van der Waals surface area contributed by atoms with Crippen LogP contribution in [0.1, 0.15) is 34.8 Å². The first-order chi connectivity index (χ1) is 14.6. The van der Waals surface area contributed by atoms with Crippen molar-refractivity contribution < 1.29 is 4.79 Å². The average Bonchev–Trinajstić information content (AvgIpc) is 3.31. The molecule has 0 radical (unpaired) electrons. The van der Waals surface area contributed by atoms with Gasteiger partial charge in [0, 0.05) is 23.2 Å². The van der Waals surface area contributed by atoms with Crippen molar-refractivity contribution in [2.75, 3.05) is 5.32 Å². The molecule has 150 valence electrons. The van der Waals surface area contributed by atoms with Crippen molar-refractivity contribution in [1.82, 2.24) is 19.6 Å². The molecule has 2 aromatic heterocycles. The number of carbonyl (C=O) groups excluding carboxylic acids is 1. The minimum Gasteiger partial charge on any atom is -0.305 e. The first kappa shape index (κ1) is 18.9. The number of anilines is 1. The lowest BCUT2D eigenvalue weighted by Crippen LogP contribution is -2.15. The van der Waals surface area contributed by atoms with E-state index in [2.05, 4.69) is 15.5 Å². The molecule has 0 atom stereocenters. The van der Waals surface area contributed by atoms with Crippen LogP contribution in [0.5, 0.6) is 0 Å². The Balaban J connectivity index is 1.44. The van der Waals surface area contributed by atoms with Gasteiger partial charge in [-0.25, -0.2) is 9.36 Å². The van der Waals surface area contributed by atoms with E-state index in [1.54, 1.807) is 33.8 Å². The molecular weight excluding hydrogens is 421 g/mol. The number of hydrogen-bond donors (Lipinski definition) is 1. The summed E-state index contributed by atoms with van der Waals surface area (Å²) in [5.74, 6) is 0.510. The van der Waals surface area contributed by atoms with Crippen molar-refractivity contribution in [1.29, 1.82) is 0 Å². The van der Waals surface area contributed by atoms with Crippen LogP contribution in [0.2, 0.25) is 10.0 Å². The molecule has 0 aliphatic heterocycles. The van der Waals surface area contributed by atoms with Gasteiger partial charge in [0.15, 0.2) is 5.82 Å². The predicted molar refractivity (Wildman–Crippen MR) is 117 cm³/mol. The SMILES string of the molecule is O=C(Nc1ccn(-c2ccccc2)n1)c1cnn(-c2ccc(Cl)cc2Cl)c1C1CC1. The minimum absolute atomic E-state index is 0.244. The van der Waals surface area contributed by atoms with Gasteiger partial charge in [0.05, 0.1) is 33.9 Å². The molecule has 1 saturated carbocycles. The van der Waals surface area contributed by atoms with E-state index in [4.69, 9.17) is 23.2 Å². The van der Waals surface area contributed by atoms with Gasteiger partial charge in [-0.3, -0.25) is 4.79 Å². The lowest BCUT2D eigenvalue weighted by Gasteiger charge is -2.10. The van der Waals surface area contributed by atoms with Gasteiger partial charge in [-0.1, -0.05) is 41.4 Å². The molecule has 5 rings (SSSR count). The Hall–Kier alpha value is -3.09. The number of nitrogens with one attached hydrogen (secondary N) is 1. The number of aromatic nitrogens is 4. The smallest absolute Gasteiger partial charge is 0.260 e. The second-order valence-corrected chi connectivity index (χ2v) is 8.00. The minimum atomic E-state index is -0.244. The average molecular weight is 438 g/mol. The van der Waals surface area contributed by atoms with Crippen LogP contribution in [0, 0.1) is 0 Å². The second kappa shape index (κ2) is 7.63. The van der Waals surface area contributed by atoms with Gasteiger partial charge in [0.2, 0.25) is 0 Å². The summed E-state index contributed by atoms with van der Waals surface area (Å²) in [6, 6.07) is 16.7. The molecule has 30 heavy (non-hydrogen) atoms. The van der Waals surface area contributed by atoms with Gasteiger partial charge in [0.1, 0.15) is 0 Å². The summed E-state index contributed by atoms with van der Waals surface area (Å²) >= 11 is 12.4. The van der Waals surface area contributed by atoms with Gasteiger partial charge >= 0.3 is 0 Å². The zero-order valence-electron chi connectivity index (χ0n) is 15.8. The monoisotopic (exact) mass is 437 g/mol. The second-order valence-electron chi connectivity index (χ2n) is 7.16. The number of amides is 1. The summed E-state index contributed by atoms with van der Waals surface area (Å²) in [4.78, 5) is 13.0. The Bertz CT molecular complexity index is 1230. The summed E-state index contributed by atoms with van der Waals surface area (Å²) in [5.41, 5.74) is 3.01. The molecular formula is C22H17Cl2N5O. The standard InChI is InChI=1S/C22H17Cl2N5O/c23-15-8-9-19(18(24)12-15)29-21(14-6-7-14)17(13-25-29)22(30)26-20-10-11-28(27-20)16-4-2-1-3-5-16/h1-5,8-14H,6-7H2,(H,26,27,30). The number of rotatable bonds is 5. The lowest BCUT2D eigenvalue weighted by molar-refractivity contribution is 0.102. The van der Waals surface area contributed by atoms with E-state index in [1.165, 1.54) is 0 Å². The van der Waals surface area contributed by atoms with Crippen LogP contribution in [0.3, 0.4) is 0 Å². The fourth-order valence-electron chi connectivity index (χ4n) is 3.43. The van der Waals surface area contributed by atoms with Gasteiger partial charge in [-0.2, -0.15) is 10.2 Å². The molecule has 1 aliphatic rings.